The van der Waals surface area contributed by atoms with Crippen molar-refractivity contribution in [2.24, 2.45) is 5.73 Å². The molecule has 3 aliphatic heterocycles. The van der Waals surface area contributed by atoms with Gasteiger partial charge in [0.25, 0.3) is 0 Å². The second-order valence-electron chi connectivity index (χ2n) is 7.04. The molecule has 0 spiro atoms. The summed E-state index contributed by atoms with van der Waals surface area (Å²) in [4.78, 5) is 0. The molecule has 3 saturated heterocycles. The number of hydrogen-bond acceptors (Lipinski definition) is 1. The molecule has 1 aromatic rings. The Bertz CT molecular complexity index is 445. The standard InChI is InChI=1S/C17H29N3/c1-16-4-2-5-17(14-16)15-20-11-8-19(9-12-20,10-13-20)7-3-6-18/h2,4-5,14H,3,6-13,15,18H2,1H3/q+2. The third-order valence-electron chi connectivity index (χ3n) is 5.58. The normalized spacial score (nSPS) is 32.5. The molecule has 3 fully saturated rings. The van der Waals surface area contributed by atoms with Gasteiger partial charge in [0, 0.05) is 12.0 Å². The predicted octanol–water partition coefficient (Wildman–Crippen LogP) is 1.50. The number of benzene rings is 1. The van der Waals surface area contributed by atoms with Crippen molar-refractivity contribution in [3.63, 3.8) is 0 Å². The van der Waals surface area contributed by atoms with Crippen molar-refractivity contribution in [1.82, 2.24) is 0 Å². The van der Waals surface area contributed by atoms with Crippen LogP contribution in [-0.4, -0.2) is 61.3 Å². The Kier molecular flexibility index (Phi) is 3.85. The van der Waals surface area contributed by atoms with E-state index < -0.39 is 0 Å². The molecule has 0 saturated carbocycles. The van der Waals surface area contributed by atoms with Gasteiger partial charge >= 0.3 is 0 Å². The molecule has 2 bridgehead atoms. The fourth-order valence-electron chi connectivity index (χ4n) is 4.14. The van der Waals surface area contributed by atoms with Crippen LogP contribution in [0.3, 0.4) is 0 Å². The van der Waals surface area contributed by atoms with Gasteiger partial charge in [-0.05, 0) is 13.5 Å². The summed E-state index contributed by atoms with van der Waals surface area (Å²) in [7, 11) is 0. The lowest BCUT2D eigenvalue weighted by molar-refractivity contribution is -1.09. The Labute approximate surface area is 123 Å². The van der Waals surface area contributed by atoms with E-state index in [-0.39, 0.29) is 0 Å². The van der Waals surface area contributed by atoms with E-state index in [1.54, 1.807) is 0 Å². The van der Waals surface area contributed by atoms with Crippen LogP contribution >= 0.6 is 0 Å². The first-order valence-corrected chi connectivity index (χ1v) is 8.11. The highest BCUT2D eigenvalue weighted by Crippen LogP contribution is 2.29. The molecule has 3 nitrogen and oxygen atoms in total. The molecular formula is C17H29N3+2. The Morgan fingerprint density at radius 2 is 1.65 bits per heavy atom. The van der Waals surface area contributed by atoms with E-state index >= 15 is 0 Å². The summed E-state index contributed by atoms with van der Waals surface area (Å²) >= 11 is 0. The van der Waals surface area contributed by atoms with Gasteiger partial charge in [0.15, 0.2) is 0 Å². The highest BCUT2D eigenvalue weighted by molar-refractivity contribution is 5.21. The number of piperazine rings is 3. The molecule has 0 radical (unpaired) electrons. The van der Waals surface area contributed by atoms with E-state index in [9.17, 15) is 0 Å². The molecular weight excluding hydrogens is 246 g/mol. The van der Waals surface area contributed by atoms with Crippen LogP contribution in [0.15, 0.2) is 24.3 Å². The number of nitrogens with zero attached hydrogens (tertiary/aromatic N) is 2. The minimum Gasteiger partial charge on any atom is -0.330 e. The summed E-state index contributed by atoms with van der Waals surface area (Å²) in [6.45, 7) is 13.8. The fraction of sp³-hybridized carbons (Fsp3) is 0.647. The molecule has 1 aromatic carbocycles. The second-order valence-corrected chi connectivity index (χ2v) is 7.04. The van der Waals surface area contributed by atoms with Crippen LogP contribution in [0.25, 0.3) is 0 Å². The summed E-state index contributed by atoms with van der Waals surface area (Å²) < 4.78 is 2.68. The van der Waals surface area contributed by atoms with Crippen LogP contribution in [0, 0.1) is 6.92 Å². The van der Waals surface area contributed by atoms with Crippen LogP contribution in [0.2, 0.25) is 0 Å². The van der Waals surface area contributed by atoms with Crippen molar-refractivity contribution in [3.8, 4) is 0 Å². The number of hydrogen-bond donors (Lipinski definition) is 1. The number of fused-ring (bicyclic) bond motifs is 3. The van der Waals surface area contributed by atoms with Gasteiger partial charge in [-0.3, -0.25) is 0 Å². The van der Waals surface area contributed by atoms with Gasteiger partial charge in [-0.1, -0.05) is 29.8 Å². The Morgan fingerprint density at radius 3 is 2.25 bits per heavy atom. The summed E-state index contributed by atoms with van der Waals surface area (Å²) in [6.07, 6.45) is 1.19. The van der Waals surface area contributed by atoms with Gasteiger partial charge in [0.2, 0.25) is 0 Å². The first-order chi connectivity index (χ1) is 9.65. The van der Waals surface area contributed by atoms with Gasteiger partial charge in [-0.15, -0.1) is 0 Å². The topological polar surface area (TPSA) is 26.0 Å². The molecule has 0 atom stereocenters. The quantitative estimate of drug-likeness (QED) is 0.810. The number of nitrogens with two attached hydrogens (primary N) is 1. The van der Waals surface area contributed by atoms with E-state index in [2.05, 4.69) is 31.2 Å². The molecule has 0 aromatic heterocycles. The Balaban J connectivity index is 1.66. The summed E-state index contributed by atoms with van der Waals surface area (Å²) in [5, 5.41) is 0. The SMILES string of the molecule is Cc1cccc(C[N+]23CC[N+](CCCN)(CC2)CC3)c1. The fourth-order valence-corrected chi connectivity index (χ4v) is 4.14. The van der Waals surface area contributed by atoms with Crippen LogP contribution < -0.4 is 5.73 Å². The molecule has 3 aliphatic rings. The summed E-state index contributed by atoms with van der Waals surface area (Å²) in [5.74, 6) is 0. The first kappa shape index (κ1) is 14.1. The van der Waals surface area contributed by atoms with E-state index in [0.717, 1.165) is 6.54 Å². The third-order valence-corrected chi connectivity index (χ3v) is 5.58. The lowest BCUT2D eigenvalue weighted by atomic mass is 10.0. The molecule has 0 amide bonds. The van der Waals surface area contributed by atoms with Crippen molar-refractivity contribution in [2.45, 2.75) is 19.9 Å². The number of quaternary nitrogens is 2. The zero-order chi connectivity index (χ0) is 14.1. The van der Waals surface area contributed by atoms with Gasteiger partial charge in [0.05, 0.1) is 6.54 Å². The lowest BCUT2D eigenvalue weighted by Crippen LogP contribution is -2.74. The van der Waals surface area contributed by atoms with E-state index in [4.69, 9.17) is 5.73 Å². The highest BCUT2D eigenvalue weighted by atomic mass is 15.5. The molecule has 3 heteroatoms. The first-order valence-electron chi connectivity index (χ1n) is 8.11. The zero-order valence-electron chi connectivity index (χ0n) is 12.9. The van der Waals surface area contributed by atoms with E-state index in [1.165, 1.54) is 78.9 Å². The molecule has 110 valence electrons. The van der Waals surface area contributed by atoms with Gasteiger partial charge in [0.1, 0.15) is 45.8 Å². The molecule has 2 N–H and O–H groups in total. The number of rotatable bonds is 5. The number of aryl methyl sites for hydroxylation is 1. The molecule has 0 aliphatic carbocycles. The van der Waals surface area contributed by atoms with Gasteiger partial charge in [-0.25, -0.2) is 0 Å². The maximum absolute atomic E-state index is 5.70. The molecule has 0 unspecified atom stereocenters. The van der Waals surface area contributed by atoms with Crippen molar-refractivity contribution in [3.05, 3.63) is 35.4 Å². The van der Waals surface area contributed by atoms with Crippen molar-refractivity contribution in [2.75, 3.05) is 52.4 Å². The second kappa shape index (κ2) is 5.47. The summed E-state index contributed by atoms with van der Waals surface area (Å²) in [5.41, 5.74) is 8.61. The van der Waals surface area contributed by atoms with Crippen LogP contribution in [0.1, 0.15) is 17.5 Å². The van der Waals surface area contributed by atoms with Gasteiger partial charge < -0.3 is 14.7 Å². The lowest BCUT2D eigenvalue weighted by Gasteiger charge is -2.55. The molecule has 3 heterocycles. The monoisotopic (exact) mass is 275 g/mol. The van der Waals surface area contributed by atoms with Crippen molar-refractivity contribution >= 4 is 0 Å². The smallest absolute Gasteiger partial charge is 0.129 e. The van der Waals surface area contributed by atoms with E-state index in [1.807, 2.05) is 0 Å². The summed E-state index contributed by atoms with van der Waals surface area (Å²) in [6, 6.07) is 9.08. The minimum absolute atomic E-state index is 0.850. The average Bonchev–Trinajstić information content (AvgIpc) is 2.47. The van der Waals surface area contributed by atoms with Crippen molar-refractivity contribution in [1.29, 1.82) is 0 Å². The van der Waals surface area contributed by atoms with Crippen LogP contribution in [0.4, 0.5) is 0 Å². The van der Waals surface area contributed by atoms with Crippen LogP contribution in [0.5, 0.6) is 0 Å². The van der Waals surface area contributed by atoms with Crippen molar-refractivity contribution < 1.29 is 8.97 Å². The van der Waals surface area contributed by atoms with E-state index in [0.29, 0.717) is 0 Å². The third kappa shape index (κ3) is 2.76. The minimum atomic E-state index is 0.850. The molecule has 4 rings (SSSR count). The highest BCUT2D eigenvalue weighted by Gasteiger charge is 2.48. The zero-order valence-corrected chi connectivity index (χ0v) is 12.9. The molecule has 20 heavy (non-hydrogen) atoms. The van der Waals surface area contributed by atoms with Crippen LogP contribution in [-0.2, 0) is 6.54 Å². The largest absolute Gasteiger partial charge is 0.330 e. The van der Waals surface area contributed by atoms with Gasteiger partial charge in [-0.2, -0.15) is 0 Å². The maximum Gasteiger partial charge on any atom is 0.129 e. The maximum atomic E-state index is 5.70. The predicted molar refractivity (Wildman–Crippen MR) is 83.1 cm³/mol. The Hall–Kier alpha value is -0.900. The average molecular weight is 275 g/mol. The Morgan fingerprint density at radius 1 is 1.00 bits per heavy atom.